The number of rotatable bonds is 7. The molecule has 1 amide bonds. The fraction of sp³-hybridized carbons (Fsp3) is 0.227. The second-order valence-corrected chi connectivity index (χ2v) is 5.90. The summed E-state index contributed by atoms with van der Waals surface area (Å²) < 4.78 is 26.5. The minimum atomic E-state index is -0.304. The predicted molar refractivity (Wildman–Crippen MR) is 103 cm³/mol. The number of allylic oxidation sites excluding steroid dienone is 1. The fourth-order valence-corrected chi connectivity index (χ4v) is 2.63. The number of nitrogens with one attached hydrogen (secondary N) is 1. The lowest BCUT2D eigenvalue weighted by Gasteiger charge is -2.16. The first-order chi connectivity index (χ1) is 13.1. The van der Waals surface area contributed by atoms with Crippen molar-refractivity contribution in [1.29, 1.82) is 0 Å². The lowest BCUT2D eigenvalue weighted by atomic mass is 9.88. The quantitative estimate of drug-likeness (QED) is 0.580. The summed E-state index contributed by atoms with van der Waals surface area (Å²) in [6.07, 6.45) is 4.54. The molecule has 2 aromatic carbocycles. The Bertz CT molecular complexity index is 773. The van der Waals surface area contributed by atoms with Crippen molar-refractivity contribution in [3.8, 4) is 11.8 Å². The molecule has 3 nitrogen and oxygen atoms in total. The highest BCUT2D eigenvalue weighted by Crippen LogP contribution is 2.29. The number of nitrogens with two attached hydrogens (primary N) is 1. The van der Waals surface area contributed by atoms with Gasteiger partial charge >= 0.3 is 0 Å². The van der Waals surface area contributed by atoms with Crippen molar-refractivity contribution < 1.29 is 13.6 Å². The Morgan fingerprint density at radius 3 is 2.04 bits per heavy atom. The van der Waals surface area contributed by atoms with Gasteiger partial charge in [-0.2, -0.15) is 0 Å². The van der Waals surface area contributed by atoms with E-state index in [0.29, 0.717) is 6.42 Å². The summed E-state index contributed by atoms with van der Waals surface area (Å²) >= 11 is 0. The van der Waals surface area contributed by atoms with Crippen LogP contribution in [0.3, 0.4) is 0 Å². The molecular formula is C22H22F2N2O. The summed E-state index contributed by atoms with van der Waals surface area (Å²) in [6, 6.07) is 12.5. The molecule has 0 heterocycles. The zero-order valence-electron chi connectivity index (χ0n) is 14.9. The van der Waals surface area contributed by atoms with Crippen molar-refractivity contribution in [3.05, 3.63) is 83.4 Å². The SMILES string of the molecule is NCC#CCNC(=O)C/C=C/CC(c1ccc(F)cc1)c1ccc(F)cc1. The molecule has 0 aliphatic carbocycles. The average molecular weight is 368 g/mol. The van der Waals surface area contributed by atoms with E-state index in [1.807, 2.05) is 6.08 Å². The Kier molecular flexibility index (Phi) is 8.21. The van der Waals surface area contributed by atoms with Crippen molar-refractivity contribution in [1.82, 2.24) is 5.32 Å². The van der Waals surface area contributed by atoms with Crippen LogP contribution < -0.4 is 11.1 Å². The number of halogens is 2. The molecule has 0 unspecified atom stereocenters. The molecule has 5 heteroatoms. The summed E-state index contributed by atoms with van der Waals surface area (Å²) in [5.41, 5.74) is 7.10. The van der Waals surface area contributed by atoms with Crippen LogP contribution in [0.25, 0.3) is 0 Å². The highest BCUT2D eigenvalue weighted by molar-refractivity contribution is 5.77. The van der Waals surface area contributed by atoms with Gasteiger partial charge in [0.1, 0.15) is 11.6 Å². The average Bonchev–Trinajstić information content (AvgIpc) is 2.67. The van der Waals surface area contributed by atoms with Crippen molar-refractivity contribution in [2.45, 2.75) is 18.8 Å². The standard InChI is InChI=1S/C22H22F2N2O/c23-19-11-7-17(8-12-19)21(18-9-13-20(24)14-10-18)5-1-2-6-22(27)26-16-4-3-15-25/h1-2,7-14,21H,5-6,15-16,25H2,(H,26,27)/b2-1+. The van der Waals surface area contributed by atoms with Crippen LogP contribution in [-0.2, 0) is 4.79 Å². The zero-order valence-corrected chi connectivity index (χ0v) is 14.9. The molecular weight excluding hydrogens is 346 g/mol. The summed E-state index contributed by atoms with van der Waals surface area (Å²) in [5.74, 6) is 4.62. The molecule has 0 aromatic heterocycles. The molecule has 0 radical (unpaired) electrons. The van der Waals surface area contributed by atoms with E-state index in [1.165, 1.54) is 24.3 Å². The Morgan fingerprint density at radius 2 is 1.52 bits per heavy atom. The summed E-state index contributed by atoms with van der Waals surface area (Å²) in [6.45, 7) is 0.543. The van der Waals surface area contributed by atoms with E-state index in [9.17, 15) is 13.6 Å². The van der Waals surface area contributed by atoms with Crippen LogP contribution in [0.2, 0.25) is 0 Å². The van der Waals surface area contributed by atoms with Gasteiger partial charge in [-0.1, -0.05) is 48.3 Å². The molecule has 0 saturated heterocycles. The zero-order chi connectivity index (χ0) is 19.5. The van der Waals surface area contributed by atoms with E-state index in [4.69, 9.17) is 5.73 Å². The third-order valence-electron chi connectivity index (χ3n) is 3.99. The fourth-order valence-electron chi connectivity index (χ4n) is 2.63. The van der Waals surface area contributed by atoms with Gasteiger partial charge in [-0.05, 0) is 41.8 Å². The lowest BCUT2D eigenvalue weighted by molar-refractivity contribution is -0.120. The van der Waals surface area contributed by atoms with E-state index >= 15 is 0 Å². The highest BCUT2D eigenvalue weighted by Gasteiger charge is 2.13. The van der Waals surface area contributed by atoms with Gasteiger partial charge in [0.2, 0.25) is 5.91 Å². The maximum atomic E-state index is 13.2. The van der Waals surface area contributed by atoms with Crippen LogP contribution in [-0.4, -0.2) is 19.0 Å². The number of carbonyl (C=O) groups excluding carboxylic acids is 1. The smallest absolute Gasteiger partial charge is 0.224 e. The van der Waals surface area contributed by atoms with Gasteiger partial charge in [-0.15, -0.1) is 0 Å². The number of carbonyl (C=O) groups is 1. The molecule has 27 heavy (non-hydrogen) atoms. The Morgan fingerprint density at radius 1 is 0.963 bits per heavy atom. The first-order valence-electron chi connectivity index (χ1n) is 8.68. The van der Waals surface area contributed by atoms with Crippen molar-refractivity contribution in [2.75, 3.05) is 13.1 Å². The van der Waals surface area contributed by atoms with Gasteiger partial charge in [-0.25, -0.2) is 8.78 Å². The largest absolute Gasteiger partial charge is 0.345 e. The summed E-state index contributed by atoms with van der Waals surface area (Å²) in [5, 5.41) is 2.68. The van der Waals surface area contributed by atoms with E-state index < -0.39 is 0 Å². The lowest BCUT2D eigenvalue weighted by Crippen LogP contribution is -2.22. The van der Waals surface area contributed by atoms with Crippen LogP contribution in [0.4, 0.5) is 8.78 Å². The van der Waals surface area contributed by atoms with Gasteiger partial charge < -0.3 is 11.1 Å². The van der Waals surface area contributed by atoms with Crippen LogP contribution in [0, 0.1) is 23.5 Å². The third kappa shape index (κ3) is 7.04. The Balaban J connectivity index is 2.01. The van der Waals surface area contributed by atoms with E-state index in [2.05, 4.69) is 17.2 Å². The molecule has 0 saturated carbocycles. The Hall–Kier alpha value is -2.97. The molecule has 3 N–H and O–H groups in total. The van der Waals surface area contributed by atoms with Gasteiger partial charge in [-0.3, -0.25) is 4.79 Å². The van der Waals surface area contributed by atoms with E-state index in [-0.39, 0.29) is 43.0 Å². The van der Waals surface area contributed by atoms with Crippen LogP contribution >= 0.6 is 0 Å². The van der Waals surface area contributed by atoms with Gasteiger partial charge in [0.05, 0.1) is 13.1 Å². The monoisotopic (exact) mass is 368 g/mol. The molecule has 2 rings (SSSR count). The normalized spacial score (nSPS) is 10.7. The van der Waals surface area contributed by atoms with Crippen LogP contribution in [0.5, 0.6) is 0 Å². The van der Waals surface area contributed by atoms with E-state index in [0.717, 1.165) is 11.1 Å². The first kappa shape index (κ1) is 20.3. The number of amides is 1. The van der Waals surface area contributed by atoms with Crippen molar-refractivity contribution in [2.24, 2.45) is 5.73 Å². The predicted octanol–water partition coefficient (Wildman–Crippen LogP) is 3.51. The number of hydrogen-bond acceptors (Lipinski definition) is 2. The minimum Gasteiger partial charge on any atom is -0.345 e. The van der Waals surface area contributed by atoms with Gasteiger partial charge in [0, 0.05) is 12.3 Å². The van der Waals surface area contributed by atoms with Gasteiger partial charge in [0.15, 0.2) is 0 Å². The van der Waals surface area contributed by atoms with E-state index in [1.54, 1.807) is 30.3 Å². The number of hydrogen-bond donors (Lipinski definition) is 2. The van der Waals surface area contributed by atoms with Crippen molar-refractivity contribution in [3.63, 3.8) is 0 Å². The molecule has 0 aliphatic heterocycles. The topological polar surface area (TPSA) is 55.1 Å². The first-order valence-corrected chi connectivity index (χ1v) is 8.68. The van der Waals surface area contributed by atoms with Crippen LogP contribution in [0.15, 0.2) is 60.7 Å². The highest BCUT2D eigenvalue weighted by atomic mass is 19.1. The second-order valence-electron chi connectivity index (χ2n) is 5.90. The summed E-state index contributed by atoms with van der Waals surface area (Å²) in [7, 11) is 0. The third-order valence-corrected chi connectivity index (χ3v) is 3.99. The molecule has 140 valence electrons. The van der Waals surface area contributed by atoms with Crippen LogP contribution in [0.1, 0.15) is 29.9 Å². The molecule has 2 aromatic rings. The maximum Gasteiger partial charge on any atom is 0.224 e. The van der Waals surface area contributed by atoms with Gasteiger partial charge in [0.25, 0.3) is 0 Å². The number of benzene rings is 2. The molecule has 0 fully saturated rings. The second kappa shape index (κ2) is 10.9. The molecule has 0 bridgehead atoms. The molecule has 0 spiro atoms. The molecule has 0 atom stereocenters. The minimum absolute atomic E-state index is 0.0547. The maximum absolute atomic E-state index is 13.2. The van der Waals surface area contributed by atoms with Crippen molar-refractivity contribution >= 4 is 5.91 Å². The molecule has 0 aliphatic rings. The Labute approximate surface area is 158 Å². The summed E-state index contributed by atoms with van der Waals surface area (Å²) in [4.78, 5) is 11.7.